The van der Waals surface area contributed by atoms with E-state index in [9.17, 15) is 9.59 Å². The van der Waals surface area contributed by atoms with Crippen molar-refractivity contribution < 1.29 is 19.1 Å². The Labute approximate surface area is 188 Å². The van der Waals surface area contributed by atoms with Crippen LogP contribution < -0.4 is 14.8 Å². The summed E-state index contributed by atoms with van der Waals surface area (Å²) in [7, 11) is 3.43. The van der Waals surface area contributed by atoms with Crippen LogP contribution in [0.3, 0.4) is 0 Å². The topological polar surface area (TPSA) is 111 Å². The molecule has 3 aromatic rings. The van der Waals surface area contributed by atoms with E-state index in [2.05, 4.69) is 20.8 Å². The molecule has 2 aromatic carbocycles. The van der Waals surface area contributed by atoms with Gasteiger partial charge in [-0.15, -0.1) is 5.10 Å². The molecule has 1 N–H and O–H groups in total. The Hall–Kier alpha value is -3.60. The van der Waals surface area contributed by atoms with Crippen LogP contribution in [0.4, 0.5) is 5.69 Å². The van der Waals surface area contributed by atoms with Crippen molar-refractivity contribution in [1.29, 1.82) is 0 Å². The average molecular weight is 455 g/mol. The van der Waals surface area contributed by atoms with Crippen molar-refractivity contribution in [3.63, 3.8) is 0 Å². The lowest BCUT2D eigenvalue weighted by Crippen LogP contribution is -2.41. The number of nitrogens with zero attached hydrogens (tertiary/aromatic N) is 5. The van der Waals surface area contributed by atoms with Crippen molar-refractivity contribution in [3.8, 4) is 11.5 Å². The first kappa shape index (κ1) is 21.6. The zero-order valence-corrected chi connectivity index (χ0v) is 18.4. The Morgan fingerprint density at radius 3 is 2.66 bits per heavy atom. The molecule has 0 spiro atoms. The fourth-order valence-corrected chi connectivity index (χ4v) is 3.78. The number of anilines is 1. The van der Waals surface area contributed by atoms with Crippen LogP contribution in [0.15, 0.2) is 53.7 Å². The molecule has 0 saturated heterocycles. The van der Waals surface area contributed by atoms with E-state index in [1.54, 1.807) is 43.3 Å². The SMILES string of the molecule is CN(CC1COc2ccccc2O1)C(=O)c1ccc(NC(=O)CSc2nnnn2C)cc1. The van der Waals surface area contributed by atoms with Crippen LogP contribution in [-0.4, -0.2) is 69.0 Å². The first-order valence-electron chi connectivity index (χ1n) is 9.88. The standard InChI is InChI=1S/C21H22N6O4S/c1-26(11-16-12-30-17-5-3-4-6-18(17)31-16)20(29)14-7-9-15(10-8-14)22-19(28)13-32-21-23-24-25-27(21)2/h3-10,16H,11-13H2,1-2H3,(H,22,28). The maximum atomic E-state index is 12.8. The minimum Gasteiger partial charge on any atom is -0.486 e. The summed E-state index contributed by atoms with van der Waals surface area (Å²) in [6.07, 6.45) is -0.251. The lowest BCUT2D eigenvalue weighted by Gasteiger charge is -2.29. The van der Waals surface area contributed by atoms with Gasteiger partial charge in [0.15, 0.2) is 17.6 Å². The van der Waals surface area contributed by atoms with Gasteiger partial charge in [-0.25, -0.2) is 4.68 Å². The summed E-state index contributed by atoms with van der Waals surface area (Å²) in [6.45, 7) is 0.766. The summed E-state index contributed by atoms with van der Waals surface area (Å²) in [4.78, 5) is 26.5. The maximum Gasteiger partial charge on any atom is 0.253 e. The van der Waals surface area contributed by atoms with Crippen LogP contribution in [-0.2, 0) is 11.8 Å². The van der Waals surface area contributed by atoms with E-state index >= 15 is 0 Å². The molecule has 166 valence electrons. The Morgan fingerprint density at radius 1 is 1.19 bits per heavy atom. The molecule has 32 heavy (non-hydrogen) atoms. The van der Waals surface area contributed by atoms with Gasteiger partial charge in [-0.1, -0.05) is 23.9 Å². The summed E-state index contributed by atoms with van der Waals surface area (Å²) in [5, 5.41) is 14.4. The maximum absolute atomic E-state index is 12.8. The zero-order chi connectivity index (χ0) is 22.5. The first-order valence-corrected chi connectivity index (χ1v) is 10.9. The van der Waals surface area contributed by atoms with Crippen LogP contribution in [0, 0.1) is 0 Å². The number of carbonyl (C=O) groups is 2. The van der Waals surface area contributed by atoms with Gasteiger partial charge in [-0.05, 0) is 46.8 Å². The summed E-state index contributed by atoms with van der Waals surface area (Å²) in [5.74, 6) is 1.23. The number of rotatable bonds is 7. The summed E-state index contributed by atoms with van der Waals surface area (Å²) >= 11 is 1.24. The van der Waals surface area contributed by atoms with Crippen molar-refractivity contribution in [2.75, 3.05) is 31.3 Å². The predicted octanol–water partition coefficient (Wildman–Crippen LogP) is 1.85. The fourth-order valence-electron chi connectivity index (χ4n) is 3.13. The summed E-state index contributed by atoms with van der Waals surface area (Å²) in [5.41, 5.74) is 1.12. The number of hydrogen-bond acceptors (Lipinski definition) is 8. The van der Waals surface area contributed by atoms with Gasteiger partial charge in [0.1, 0.15) is 6.61 Å². The molecule has 1 aliphatic heterocycles. The second-order valence-electron chi connectivity index (χ2n) is 7.18. The Bertz CT molecular complexity index is 1100. The smallest absolute Gasteiger partial charge is 0.253 e. The van der Waals surface area contributed by atoms with E-state index in [1.807, 2.05) is 24.3 Å². The first-order chi connectivity index (χ1) is 15.5. The highest BCUT2D eigenvalue weighted by atomic mass is 32.2. The zero-order valence-electron chi connectivity index (χ0n) is 17.6. The monoisotopic (exact) mass is 454 g/mol. The number of amides is 2. The van der Waals surface area contributed by atoms with Crippen LogP contribution >= 0.6 is 11.8 Å². The van der Waals surface area contributed by atoms with Crippen molar-refractivity contribution in [2.45, 2.75) is 11.3 Å². The molecule has 2 heterocycles. The number of carbonyl (C=O) groups excluding carboxylic acids is 2. The Kier molecular flexibility index (Phi) is 6.55. The van der Waals surface area contributed by atoms with Crippen LogP contribution in [0.25, 0.3) is 0 Å². The van der Waals surface area contributed by atoms with E-state index in [1.165, 1.54) is 16.4 Å². The van der Waals surface area contributed by atoms with Crippen molar-refractivity contribution >= 4 is 29.3 Å². The molecule has 0 radical (unpaired) electrons. The molecular formula is C21H22N6O4S. The average Bonchev–Trinajstić information content (AvgIpc) is 3.22. The van der Waals surface area contributed by atoms with Crippen molar-refractivity contribution in [2.24, 2.45) is 7.05 Å². The van der Waals surface area contributed by atoms with E-state index in [0.29, 0.717) is 41.1 Å². The predicted molar refractivity (Wildman–Crippen MR) is 118 cm³/mol. The number of aromatic nitrogens is 4. The number of aryl methyl sites for hydroxylation is 1. The van der Waals surface area contributed by atoms with Crippen LogP contribution in [0.2, 0.25) is 0 Å². The highest BCUT2D eigenvalue weighted by Crippen LogP contribution is 2.31. The molecule has 1 aromatic heterocycles. The third-order valence-electron chi connectivity index (χ3n) is 4.72. The molecule has 2 amide bonds. The molecule has 1 atom stereocenters. The van der Waals surface area contributed by atoms with Gasteiger partial charge >= 0.3 is 0 Å². The molecule has 0 fully saturated rings. The molecule has 4 rings (SSSR count). The number of para-hydroxylation sites is 2. The van der Waals surface area contributed by atoms with E-state index in [-0.39, 0.29) is 23.7 Å². The molecule has 0 aliphatic carbocycles. The lowest BCUT2D eigenvalue weighted by atomic mass is 10.1. The number of benzene rings is 2. The molecule has 0 bridgehead atoms. The summed E-state index contributed by atoms with van der Waals surface area (Å²) in [6, 6.07) is 14.2. The normalized spacial score (nSPS) is 14.6. The van der Waals surface area contributed by atoms with Crippen molar-refractivity contribution in [3.05, 3.63) is 54.1 Å². The molecule has 11 heteroatoms. The Morgan fingerprint density at radius 2 is 1.94 bits per heavy atom. The molecule has 0 saturated carbocycles. The number of thioether (sulfide) groups is 1. The minimum atomic E-state index is -0.251. The number of likely N-dealkylation sites (N-methyl/N-ethyl adjacent to an activating group) is 1. The van der Waals surface area contributed by atoms with Gasteiger partial charge < -0.3 is 19.7 Å². The van der Waals surface area contributed by atoms with E-state index in [4.69, 9.17) is 9.47 Å². The Balaban J connectivity index is 1.28. The summed E-state index contributed by atoms with van der Waals surface area (Å²) < 4.78 is 13.1. The van der Waals surface area contributed by atoms with Crippen molar-refractivity contribution in [1.82, 2.24) is 25.1 Å². The largest absolute Gasteiger partial charge is 0.486 e. The van der Waals surface area contributed by atoms with E-state index < -0.39 is 0 Å². The van der Waals surface area contributed by atoms with Gasteiger partial charge in [-0.2, -0.15) is 0 Å². The number of nitrogens with one attached hydrogen (secondary N) is 1. The highest BCUT2D eigenvalue weighted by molar-refractivity contribution is 7.99. The molecule has 1 unspecified atom stereocenters. The van der Waals surface area contributed by atoms with Crippen LogP contribution in [0.1, 0.15) is 10.4 Å². The van der Waals surface area contributed by atoms with Crippen LogP contribution in [0.5, 0.6) is 11.5 Å². The third kappa shape index (κ3) is 5.17. The molecule has 10 nitrogen and oxygen atoms in total. The quantitative estimate of drug-likeness (QED) is 0.539. The molecular weight excluding hydrogens is 432 g/mol. The second kappa shape index (κ2) is 9.69. The number of hydrogen-bond donors (Lipinski definition) is 1. The van der Waals surface area contributed by atoms with Gasteiger partial charge in [0.25, 0.3) is 5.91 Å². The number of ether oxygens (including phenoxy) is 2. The van der Waals surface area contributed by atoms with Gasteiger partial charge in [0.2, 0.25) is 11.1 Å². The highest BCUT2D eigenvalue weighted by Gasteiger charge is 2.24. The minimum absolute atomic E-state index is 0.143. The second-order valence-corrected chi connectivity index (χ2v) is 8.13. The molecule has 1 aliphatic rings. The van der Waals surface area contributed by atoms with Gasteiger partial charge in [0.05, 0.1) is 12.3 Å². The third-order valence-corrected chi connectivity index (χ3v) is 5.73. The number of tetrazole rings is 1. The van der Waals surface area contributed by atoms with E-state index in [0.717, 1.165) is 0 Å². The lowest BCUT2D eigenvalue weighted by molar-refractivity contribution is -0.113. The van der Waals surface area contributed by atoms with Gasteiger partial charge in [0, 0.05) is 25.3 Å². The fraction of sp³-hybridized carbons (Fsp3) is 0.286. The number of fused-ring (bicyclic) bond motifs is 1. The van der Waals surface area contributed by atoms with Gasteiger partial charge in [-0.3, -0.25) is 9.59 Å².